The Kier molecular flexibility index (Phi) is 6.63. The number of rotatable bonds is 8. The second kappa shape index (κ2) is 9.75. The largest absolute Gasteiger partial charge is 0.489 e. The molecular weight excluding hydrogens is 388 g/mol. The second-order valence-corrected chi connectivity index (χ2v) is 8.08. The summed E-state index contributed by atoms with van der Waals surface area (Å²) in [5.41, 5.74) is 6.71. The van der Waals surface area contributed by atoms with Crippen molar-refractivity contribution < 1.29 is 14.6 Å². The van der Waals surface area contributed by atoms with Crippen LogP contribution in [0.5, 0.6) is 5.75 Å². The number of ether oxygens (including phenoxy) is 1. The molecule has 0 bridgehead atoms. The van der Waals surface area contributed by atoms with Gasteiger partial charge in [-0.2, -0.15) is 0 Å². The molecule has 31 heavy (non-hydrogen) atoms. The first-order valence-corrected chi connectivity index (χ1v) is 10.8. The highest BCUT2D eigenvalue weighted by Gasteiger charge is 2.18. The lowest BCUT2D eigenvalue weighted by atomic mass is 10.0. The molecule has 1 aliphatic rings. The van der Waals surface area contributed by atoms with E-state index < -0.39 is 5.97 Å². The molecule has 4 rings (SSSR count). The summed E-state index contributed by atoms with van der Waals surface area (Å²) < 4.78 is 6.00. The third-order valence-corrected chi connectivity index (χ3v) is 5.70. The molecule has 5 nitrogen and oxygen atoms in total. The van der Waals surface area contributed by atoms with E-state index in [1.807, 2.05) is 24.3 Å². The molecule has 0 unspecified atom stereocenters. The third-order valence-electron chi connectivity index (χ3n) is 5.70. The fourth-order valence-electron chi connectivity index (χ4n) is 3.99. The topological polar surface area (TPSA) is 62.7 Å². The van der Waals surface area contributed by atoms with Crippen molar-refractivity contribution in [2.75, 3.05) is 13.1 Å². The lowest BCUT2D eigenvalue weighted by Crippen LogP contribution is -2.32. The Bertz CT molecular complexity index is 1050. The van der Waals surface area contributed by atoms with Crippen LogP contribution in [-0.4, -0.2) is 34.0 Å². The van der Waals surface area contributed by atoms with E-state index in [0.717, 1.165) is 59.9 Å². The van der Waals surface area contributed by atoms with Crippen LogP contribution in [0.1, 0.15) is 35.2 Å². The van der Waals surface area contributed by atoms with E-state index in [9.17, 15) is 4.79 Å². The first kappa shape index (κ1) is 21.1. The molecule has 0 radical (unpaired) electrons. The van der Waals surface area contributed by atoms with Crippen LogP contribution >= 0.6 is 0 Å². The van der Waals surface area contributed by atoms with Gasteiger partial charge in [0.05, 0.1) is 5.69 Å². The zero-order valence-electron chi connectivity index (χ0n) is 17.9. The van der Waals surface area contributed by atoms with Crippen LogP contribution in [0.15, 0.2) is 60.7 Å². The predicted molar refractivity (Wildman–Crippen MR) is 121 cm³/mol. The second-order valence-electron chi connectivity index (χ2n) is 8.08. The molecule has 0 aliphatic carbocycles. The first-order chi connectivity index (χ1) is 15.1. The van der Waals surface area contributed by atoms with E-state index >= 15 is 0 Å². The minimum Gasteiger partial charge on any atom is -0.489 e. The average Bonchev–Trinajstić information content (AvgIpc) is 2.78. The molecule has 0 spiro atoms. The summed E-state index contributed by atoms with van der Waals surface area (Å²) in [4.78, 5) is 18.0. The molecule has 0 saturated heterocycles. The van der Waals surface area contributed by atoms with Crippen molar-refractivity contribution in [1.29, 1.82) is 0 Å². The monoisotopic (exact) mass is 416 g/mol. The average molecular weight is 417 g/mol. The highest BCUT2D eigenvalue weighted by molar-refractivity contribution is 5.66. The molecule has 1 aliphatic heterocycles. The van der Waals surface area contributed by atoms with E-state index in [-0.39, 0.29) is 6.42 Å². The number of pyridine rings is 1. The molecule has 3 aromatic rings. The molecule has 2 heterocycles. The number of carbonyl (C=O) groups is 1. The maximum Gasteiger partial charge on any atom is 0.303 e. The van der Waals surface area contributed by atoms with Gasteiger partial charge >= 0.3 is 5.97 Å². The van der Waals surface area contributed by atoms with Crippen molar-refractivity contribution >= 4 is 5.97 Å². The Labute approximate surface area is 183 Å². The smallest absolute Gasteiger partial charge is 0.303 e. The Morgan fingerprint density at radius 3 is 2.74 bits per heavy atom. The predicted octanol–water partition coefficient (Wildman–Crippen LogP) is 4.86. The summed E-state index contributed by atoms with van der Waals surface area (Å²) >= 11 is 0. The van der Waals surface area contributed by atoms with Crippen LogP contribution in [0.2, 0.25) is 0 Å². The number of aryl methyl sites for hydroxylation is 1. The van der Waals surface area contributed by atoms with Crippen molar-refractivity contribution in [2.24, 2.45) is 0 Å². The van der Waals surface area contributed by atoms with Crippen molar-refractivity contribution in [3.05, 3.63) is 83.0 Å². The van der Waals surface area contributed by atoms with Crippen LogP contribution in [0.4, 0.5) is 0 Å². The molecule has 0 saturated carbocycles. The van der Waals surface area contributed by atoms with Crippen LogP contribution in [0.3, 0.4) is 0 Å². The zero-order valence-corrected chi connectivity index (χ0v) is 17.9. The summed E-state index contributed by atoms with van der Waals surface area (Å²) in [6.07, 6.45) is 1.81. The summed E-state index contributed by atoms with van der Waals surface area (Å²) in [5, 5.41) is 8.82. The van der Waals surface area contributed by atoms with Gasteiger partial charge in [0.1, 0.15) is 12.4 Å². The minimum absolute atomic E-state index is 0.227. The number of carboxylic acids is 1. The van der Waals surface area contributed by atoms with E-state index in [4.69, 9.17) is 14.8 Å². The molecule has 1 N–H and O–H groups in total. The van der Waals surface area contributed by atoms with Crippen LogP contribution in [0, 0.1) is 6.92 Å². The van der Waals surface area contributed by atoms with Gasteiger partial charge in [0.2, 0.25) is 0 Å². The number of carboxylic acid groups (broad SMARTS) is 1. The van der Waals surface area contributed by atoms with Gasteiger partial charge in [0, 0.05) is 37.2 Å². The molecule has 0 amide bonds. The molecular formula is C26H28N2O3. The Morgan fingerprint density at radius 1 is 1.13 bits per heavy atom. The maximum absolute atomic E-state index is 10.7. The van der Waals surface area contributed by atoms with E-state index in [2.05, 4.69) is 48.2 Å². The number of nitrogens with zero attached hydrogens (tertiary/aromatic N) is 2. The number of aliphatic carboxylic acids is 1. The van der Waals surface area contributed by atoms with Crippen LogP contribution in [-0.2, 0) is 24.4 Å². The number of hydrogen-bond donors (Lipinski definition) is 1. The fraction of sp³-hybridized carbons (Fsp3) is 0.308. The lowest BCUT2D eigenvalue weighted by Gasteiger charge is -2.28. The molecule has 0 fully saturated rings. The molecule has 160 valence electrons. The summed E-state index contributed by atoms with van der Waals surface area (Å²) in [6, 6.07) is 20.7. The van der Waals surface area contributed by atoms with E-state index in [0.29, 0.717) is 13.0 Å². The third kappa shape index (κ3) is 5.50. The van der Waals surface area contributed by atoms with Crippen molar-refractivity contribution in [1.82, 2.24) is 9.88 Å². The van der Waals surface area contributed by atoms with Gasteiger partial charge < -0.3 is 9.84 Å². The highest BCUT2D eigenvalue weighted by atomic mass is 16.5. The van der Waals surface area contributed by atoms with Gasteiger partial charge in [0.25, 0.3) is 0 Å². The zero-order chi connectivity index (χ0) is 21.6. The standard InChI is InChI=1S/C26H28N2O3/c1-19-16-21(10-12-25(19)31-18-20-6-3-2-4-7-20)23-11-9-22-17-28(14-5-8-26(29)30)15-13-24(22)27-23/h2-4,6-7,9-12,16H,5,8,13-15,17-18H2,1H3,(H,29,30). The van der Waals surface area contributed by atoms with Gasteiger partial charge in [0.15, 0.2) is 0 Å². The van der Waals surface area contributed by atoms with Gasteiger partial charge in [-0.1, -0.05) is 36.4 Å². The molecule has 0 atom stereocenters. The first-order valence-electron chi connectivity index (χ1n) is 10.8. The Balaban J connectivity index is 1.41. The van der Waals surface area contributed by atoms with Gasteiger partial charge in [-0.15, -0.1) is 0 Å². The fourth-order valence-corrected chi connectivity index (χ4v) is 3.99. The van der Waals surface area contributed by atoms with Gasteiger partial charge in [-0.25, -0.2) is 0 Å². The van der Waals surface area contributed by atoms with Crippen molar-refractivity contribution in [3.8, 4) is 17.0 Å². The highest BCUT2D eigenvalue weighted by Crippen LogP contribution is 2.28. The van der Waals surface area contributed by atoms with Crippen LogP contribution < -0.4 is 4.74 Å². The summed E-state index contributed by atoms with van der Waals surface area (Å²) in [7, 11) is 0. The van der Waals surface area contributed by atoms with Crippen LogP contribution in [0.25, 0.3) is 11.3 Å². The maximum atomic E-state index is 10.7. The molecule has 5 heteroatoms. The number of fused-ring (bicyclic) bond motifs is 1. The summed E-state index contributed by atoms with van der Waals surface area (Å²) in [6.45, 7) is 5.21. The molecule has 2 aromatic carbocycles. The minimum atomic E-state index is -0.726. The quantitative estimate of drug-likeness (QED) is 0.568. The van der Waals surface area contributed by atoms with E-state index in [1.165, 1.54) is 5.56 Å². The van der Waals surface area contributed by atoms with Gasteiger partial charge in [-0.05, 0) is 60.8 Å². The number of hydrogen-bond acceptors (Lipinski definition) is 4. The Hall–Kier alpha value is -3.18. The van der Waals surface area contributed by atoms with Crippen molar-refractivity contribution in [3.63, 3.8) is 0 Å². The van der Waals surface area contributed by atoms with E-state index in [1.54, 1.807) is 0 Å². The normalized spacial score (nSPS) is 13.6. The van der Waals surface area contributed by atoms with Crippen molar-refractivity contribution in [2.45, 2.75) is 39.3 Å². The number of aromatic nitrogens is 1. The Morgan fingerprint density at radius 2 is 1.97 bits per heavy atom. The molecule has 1 aromatic heterocycles. The summed E-state index contributed by atoms with van der Waals surface area (Å²) in [5.74, 6) is 0.165. The lowest BCUT2D eigenvalue weighted by molar-refractivity contribution is -0.137. The SMILES string of the molecule is Cc1cc(-c2ccc3c(n2)CCN(CCCC(=O)O)C3)ccc1OCc1ccccc1. The number of benzene rings is 2. The van der Waals surface area contributed by atoms with Gasteiger partial charge in [-0.3, -0.25) is 14.7 Å².